The van der Waals surface area contributed by atoms with Crippen LogP contribution in [-0.4, -0.2) is 24.5 Å². The molecule has 0 radical (unpaired) electrons. The smallest absolute Gasteiger partial charge is 0.366 e. The highest BCUT2D eigenvalue weighted by Gasteiger charge is 2.38. The number of sulfone groups is 1. The highest BCUT2D eigenvalue weighted by molar-refractivity contribution is 7.91. The van der Waals surface area contributed by atoms with Crippen LogP contribution in [0, 0.1) is 5.82 Å². The van der Waals surface area contributed by atoms with Gasteiger partial charge in [0.05, 0.1) is 10.5 Å². The van der Waals surface area contributed by atoms with Crippen molar-refractivity contribution in [3.8, 4) is 11.4 Å². The SMILES string of the molecule is NC(=O)c1ccc(-c2noc(C(F)(F)F)n2)cc1S(=O)(=O)c1ccccc1F. The number of carbonyl (C=O) groups is 1. The third-order valence-corrected chi connectivity index (χ3v) is 5.42. The molecule has 0 aliphatic carbocycles. The minimum absolute atomic E-state index is 0.209. The summed E-state index contributed by atoms with van der Waals surface area (Å²) in [5.74, 6) is -4.43. The molecule has 0 aliphatic rings. The third kappa shape index (κ3) is 3.45. The second-order valence-corrected chi connectivity index (χ2v) is 7.32. The highest BCUT2D eigenvalue weighted by Crippen LogP contribution is 2.32. The van der Waals surface area contributed by atoms with Crippen molar-refractivity contribution in [1.29, 1.82) is 0 Å². The van der Waals surface area contributed by atoms with Gasteiger partial charge in [-0.25, -0.2) is 12.8 Å². The van der Waals surface area contributed by atoms with E-state index in [0.29, 0.717) is 0 Å². The Morgan fingerprint density at radius 2 is 1.75 bits per heavy atom. The number of hydrogen-bond acceptors (Lipinski definition) is 6. The van der Waals surface area contributed by atoms with Crippen LogP contribution < -0.4 is 5.73 Å². The Balaban J connectivity index is 2.20. The van der Waals surface area contributed by atoms with Gasteiger partial charge in [0.1, 0.15) is 10.7 Å². The highest BCUT2D eigenvalue weighted by atomic mass is 32.2. The first-order chi connectivity index (χ1) is 13.0. The van der Waals surface area contributed by atoms with Gasteiger partial charge in [-0.15, -0.1) is 0 Å². The molecule has 28 heavy (non-hydrogen) atoms. The molecule has 0 aliphatic heterocycles. The summed E-state index contributed by atoms with van der Waals surface area (Å²) in [7, 11) is -4.58. The molecular formula is C16H9F4N3O4S. The van der Waals surface area contributed by atoms with Crippen LogP contribution in [0.3, 0.4) is 0 Å². The predicted octanol–water partition coefficient (Wildman–Crippen LogP) is 2.83. The minimum Gasteiger partial charge on any atom is -0.366 e. The Kier molecular flexibility index (Phi) is 4.67. The van der Waals surface area contributed by atoms with Gasteiger partial charge in [0.2, 0.25) is 21.6 Å². The topological polar surface area (TPSA) is 116 Å². The number of aromatic nitrogens is 2. The summed E-state index contributed by atoms with van der Waals surface area (Å²) in [5.41, 5.74) is 4.49. The number of hydrogen-bond donors (Lipinski definition) is 1. The molecule has 0 saturated carbocycles. The summed E-state index contributed by atoms with van der Waals surface area (Å²) in [5, 5.41) is 3.15. The zero-order valence-corrected chi connectivity index (χ0v) is 14.4. The summed E-state index contributed by atoms with van der Waals surface area (Å²) >= 11 is 0. The largest absolute Gasteiger partial charge is 0.471 e. The van der Waals surface area contributed by atoms with Gasteiger partial charge in [0, 0.05) is 5.56 Å². The Hall–Kier alpha value is -3.28. The van der Waals surface area contributed by atoms with Gasteiger partial charge in [-0.05, 0) is 24.3 Å². The molecule has 2 aromatic carbocycles. The van der Waals surface area contributed by atoms with E-state index in [9.17, 15) is 30.8 Å². The molecule has 1 amide bonds. The van der Waals surface area contributed by atoms with Crippen LogP contribution in [-0.2, 0) is 16.0 Å². The lowest BCUT2D eigenvalue weighted by Crippen LogP contribution is -2.17. The molecule has 1 aromatic heterocycles. The van der Waals surface area contributed by atoms with E-state index in [1.807, 2.05) is 0 Å². The van der Waals surface area contributed by atoms with Crippen molar-refractivity contribution >= 4 is 15.7 Å². The molecule has 0 unspecified atom stereocenters. The lowest BCUT2D eigenvalue weighted by molar-refractivity contribution is -0.159. The number of alkyl halides is 3. The van der Waals surface area contributed by atoms with Gasteiger partial charge >= 0.3 is 12.1 Å². The number of halogens is 4. The minimum atomic E-state index is -4.90. The molecule has 0 bridgehead atoms. The fraction of sp³-hybridized carbons (Fsp3) is 0.0625. The van der Waals surface area contributed by atoms with Crippen LogP contribution in [0.15, 0.2) is 56.8 Å². The van der Waals surface area contributed by atoms with Gasteiger partial charge in [0.25, 0.3) is 0 Å². The van der Waals surface area contributed by atoms with E-state index in [-0.39, 0.29) is 5.56 Å². The maximum absolute atomic E-state index is 14.0. The molecular weight excluding hydrogens is 406 g/mol. The molecule has 1 heterocycles. The van der Waals surface area contributed by atoms with Gasteiger partial charge in [-0.1, -0.05) is 23.4 Å². The Morgan fingerprint density at radius 1 is 1.07 bits per heavy atom. The predicted molar refractivity (Wildman–Crippen MR) is 85.1 cm³/mol. The summed E-state index contributed by atoms with van der Waals surface area (Å²) < 4.78 is 81.7. The van der Waals surface area contributed by atoms with E-state index < -0.39 is 54.8 Å². The average Bonchev–Trinajstić information content (AvgIpc) is 3.12. The average molecular weight is 415 g/mol. The van der Waals surface area contributed by atoms with Crippen LogP contribution in [0.25, 0.3) is 11.4 Å². The number of nitrogens with zero attached hydrogens (tertiary/aromatic N) is 2. The molecule has 0 fully saturated rings. The Labute approximate surface area is 154 Å². The first kappa shape index (κ1) is 19.5. The second kappa shape index (κ2) is 6.71. The molecule has 7 nitrogen and oxygen atoms in total. The van der Waals surface area contributed by atoms with E-state index in [0.717, 1.165) is 30.3 Å². The van der Waals surface area contributed by atoms with E-state index in [1.165, 1.54) is 12.1 Å². The first-order valence-corrected chi connectivity index (χ1v) is 8.85. The van der Waals surface area contributed by atoms with Crippen molar-refractivity contribution in [3.05, 3.63) is 59.7 Å². The molecule has 12 heteroatoms. The number of nitrogens with two attached hydrogens (primary N) is 1. The fourth-order valence-electron chi connectivity index (χ4n) is 2.32. The molecule has 0 atom stereocenters. The van der Waals surface area contributed by atoms with Crippen LogP contribution in [0.4, 0.5) is 17.6 Å². The monoisotopic (exact) mass is 415 g/mol. The van der Waals surface area contributed by atoms with Gasteiger partial charge in [0.15, 0.2) is 0 Å². The van der Waals surface area contributed by atoms with E-state index in [1.54, 1.807) is 0 Å². The number of carbonyl (C=O) groups excluding carboxylic acids is 1. The van der Waals surface area contributed by atoms with Crippen LogP contribution in [0.2, 0.25) is 0 Å². The van der Waals surface area contributed by atoms with Crippen molar-refractivity contribution in [2.75, 3.05) is 0 Å². The Morgan fingerprint density at radius 3 is 2.32 bits per heavy atom. The summed E-state index contributed by atoms with van der Waals surface area (Å²) in [6, 6.07) is 7.28. The maximum atomic E-state index is 14.0. The second-order valence-electron chi connectivity index (χ2n) is 5.43. The van der Waals surface area contributed by atoms with Gasteiger partial charge in [-0.2, -0.15) is 18.2 Å². The normalized spacial score (nSPS) is 12.1. The zero-order valence-electron chi connectivity index (χ0n) is 13.6. The number of benzene rings is 2. The standard InChI is InChI=1S/C16H9F4N3O4S/c17-10-3-1-2-4-11(10)28(25,26)12-7-8(5-6-9(12)13(21)24)14-22-15(27-23-14)16(18,19)20/h1-7H,(H2,21,24). The quantitative estimate of drug-likeness (QED) is 0.655. The molecule has 0 spiro atoms. The summed E-state index contributed by atoms with van der Waals surface area (Å²) in [6.45, 7) is 0. The fourth-order valence-corrected chi connectivity index (χ4v) is 3.88. The van der Waals surface area contributed by atoms with E-state index in [2.05, 4.69) is 14.7 Å². The van der Waals surface area contributed by atoms with Crippen molar-refractivity contribution in [1.82, 2.24) is 10.1 Å². The molecule has 0 saturated heterocycles. The molecule has 3 aromatic rings. The number of primary amides is 1. The first-order valence-electron chi connectivity index (χ1n) is 7.36. The maximum Gasteiger partial charge on any atom is 0.471 e. The summed E-state index contributed by atoms with van der Waals surface area (Å²) in [6.07, 6.45) is -4.90. The third-order valence-electron chi connectivity index (χ3n) is 3.59. The molecule has 2 N–H and O–H groups in total. The molecule has 3 rings (SSSR count). The van der Waals surface area contributed by atoms with Crippen molar-refractivity contribution in [3.63, 3.8) is 0 Å². The van der Waals surface area contributed by atoms with Gasteiger partial charge in [-0.3, -0.25) is 4.79 Å². The molecule has 146 valence electrons. The van der Waals surface area contributed by atoms with Crippen molar-refractivity contribution < 1.29 is 35.3 Å². The van der Waals surface area contributed by atoms with Crippen LogP contribution >= 0.6 is 0 Å². The number of rotatable bonds is 4. The van der Waals surface area contributed by atoms with Crippen LogP contribution in [0.5, 0.6) is 0 Å². The lowest BCUT2D eigenvalue weighted by Gasteiger charge is -2.10. The van der Waals surface area contributed by atoms with Gasteiger partial charge < -0.3 is 10.3 Å². The Bertz CT molecular complexity index is 1170. The van der Waals surface area contributed by atoms with E-state index >= 15 is 0 Å². The summed E-state index contributed by atoms with van der Waals surface area (Å²) in [4.78, 5) is 13.3. The zero-order chi connectivity index (χ0) is 20.7. The number of amides is 1. The van der Waals surface area contributed by atoms with Crippen LogP contribution in [0.1, 0.15) is 16.2 Å². The van der Waals surface area contributed by atoms with Crippen molar-refractivity contribution in [2.24, 2.45) is 5.73 Å². The van der Waals surface area contributed by atoms with E-state index in [4.69, 9.17) is 5.73 Å². The lowest BCUT2D eigenvalue weighted by atomic mass is 10.1. The van der Waals surface area contributed by atoms with Crippen molar-refractivity contribution in [2.45, 2.75) is 16.0 Å².